The minimum atomic E-state index is -0.0923. The van der Waals surface area contributed by atoms with Gasteiger partial charge in [-0.3, -0.25) is 4.79 Å². The molecule has 4 rings (SSSR count). The molecule has 1 heterocycles. The molecule has 2 aromatic carbocycles. The van der Waals surface area contributed by atoms with Gasteiger partial charge >= 0.3 is 0 Å². The van der Waals surface area contributed by atoms with E-state index in [0.29, 0.717) is 11.4 Å². The summed E-state index contributed by atoms with van der Waals surface area (Å²) in [5.41, 5.74) is 3.86. The van der Waals surface area contributed by atoms with Gasteiger partial charge in [-0.2, -0.15) is 0 Å². The first kappa shape index (κ1) is 18.2. The molecule has 28 heavy (non-hydrogen) atoms. The van der Waals surface area contributed by atoms with Crippen LogP contribution in [0, 0.1) is 0 Å². The average Bonchev–Trinajstić information content (AvgIpc) is 3.27. The lowest BCUT2D eigenvalue weighted by Crippen LogP contribution is -2.28. The zero-order valence-corrected chi connectivity index (χ0v) is 16.5. The van der Waals surface area contributed by atoms with Crippen molar-refractivity contribution in [1.82, 2.24) is 9.88 Å². The number of methoxy groups -OCH3 is 3. The van der Waals surface area contributed by atoms with Crippen LogP contribution in [0.3, 0.4) is 0 Å². The van der Waals surface area contributed by atoms with Crippen LogP contribution in [-0.4, -0.2) is 31.8 Å². The molecule has 1 N–H and O–H groups in total. The number of rotatable bonds is 5. The number of carbonyl (C=O) groups excluding carboxylic acids is 1. The minimum absolute atomic E-state index is 0.0464. The second-order valence-electron chi connectivity index (χ2n) is 6.98. The van der Waals surface area contributed by atoms with Crippen LogP contribution in [-0.2, 0) is 13.5 Å². The van der Waals surface area contributed by atoms with E-state index >= 15 is 0 Å². The normalized spacial score (nSPS) is 15.4. The Kier molecular flexibility index (Phi) is 4.63. The van der Waals surface area contributed by atoms with Crippen LogP contribution in [0.4, 0.5) is 0 Å². The Morgan fingerprint density at radius 1 is 1.04 bits per heavy atom. The van der Waals surface area contributed by atoms with Crippen molar-refractivity contribution in [3.8, 4) is 17.2 Å². The summed E-state index contributed by atoms with van der Waals surface area (Å²) >= 11 is 0. The Labute approximate surface area is 164 Å². The molecule has 1 aliphatic rings. The quantitative estimate of drug-likeness (QED) is 0.734. The molecule has 0 fully saturated rings. The number of hydrogen-bond acceptors (Lipinski definition) is 4. The predicted octanol–water partition coefficient (Wildman–Crippen LogP) is 3.62. The third-order valence-electron chi connectivity index (χ3n) is 5.51. The number of amides is 1. The van der Waals surface area contributed by atoms with Crippen molar-refractivity contribution in [3.05, 3.63) is 53.2 Å². The molecular formula is C22H24N2O4. The van der Waals surface area contributed by atoms with Crippen molar-refractivity contribution < 1.29 is 19.0 Å². The third-order valence-corrected chi connectivity index (χ3v) is 5.51. The fourth-order valence-corrected chi connectivity index (χ4v) is 3.97. The number of carbonyl (C=O) groups is 1. The lowest BCUT2D eigenvalue weighted by molar-refractivity contribution is 0.0929. The fraction of sp³-hybridized carbons (Fsp3) is 0.318. The van der Waals surface area contributed by atoms with E-state index in [2.05, 4.69) is 5.32 Å². The molecule has 6 nitrogen and oxygen atoms in total. The second kappa shape index (κ2) is 7.11. The van der Waals surface area contributed by atoms with E-state index in [1.165, 1.54) is 5.56 Å². The van der Waals surface area contributed by atoms with Gasteiger partial charge in [0, 0.05) is 18.5 Å². The van der Waals surface area contributed by atoms with Gasteiger partial charge < -0.3 is 24.1 Å². The maximum Gasteiger partial charge on any atom is 0.268 e. The fourth-order valence-electron chi connectivity index (χ4n) is 3.97. The van der Waals surface area contributed by atoms with Crippen molar-refractivity contribution in [2.45, 2.75) is 18.9 Å². The van der Waals surface area contributed by atoms with Crippen molar-refractivity contribution >= 4 is 16.8 Å². The first-order valence-electron chi connectivity index (χ1n) is 9.24. The molecule has 1 unspecified atom stereocenters. The van der Waals surface area contributed by atoms with Crippen LogP contribution >= 0.6 is 0 Å². The lowest BCUT2D eigenvalue weighted by Gasteiger charge is -2.16. The van der Waals surface area contributed by atoms with Crippen LogP contribution in [0.2, 0.25) is 0 Å². The van der Waals surface area contributed by atoms with E-state index in [0.717, 1.165) is 40.8 Å². The molecule has 0 aliphatic heterocycles. The van der Waals surface area contributed by atoms with Gasteiger partial charge in [-0.15, -0.1) is 0 Å². The molecule has 0 saturated carbocycles. The molecule has 0 saturated heterocycles. The zero-order valence-electron chi connectivity index (χ0n) is 16.5. The summed E-state index contributed by atoms with van der Waals surface area (Å²) in [4.78, 5) is 13.0. The van der Waals surface area contributed by atoms with Crippen molar-refractivity contribution in [2.75, 3.05) is 21.3 Å². The number of aryl methyl sites for hydroxylation is 2. The number of hydrogen-bond donors (Lipinski definition) is 1. The van der Waals surface area contributed by atoms with Crippen LogP contribution in [0.25, 0.3) is 10.9 Å². The molecule has 146 valence electrons. The summed E-state index contributed by atoms with van der Waals surface area (Å²) in [6.45, 7) is 0. The molecule has 0 radical (unpaired) electrons. The molecule has 0 spiro atoms. The molecule has 3 aromatic rings. The highest BCUT2D eigenvalue weighted by Crippen LogP contribution is 2.39. The largest absolute Gasteiger partial charge is 0.497 e. The second-order valence-corrected chi connectivity index (χ2v) is 6.98. The predicted molar refractivity (Wildman–Crippen MR) is 108 cm³/mol. The molecule has 1 atom stereocenters. The number of fused-ring (bicyclic) bond motifs is 2. The lowest BCUT2D eigenvalue weighted by atomic mass is 10.1. The van der Waals surface area contributed by atoms with Crippen molar-refractivity contribution in [1.29, 1.82) is 0 Å². The van der Waals surface area contributed by atoms with Gasteiger partial charge in [-0.25, -0.2) is 0 Å². The van der Waals surface area contributed by atoms with Crippen LogP contribution in [0.1, 0.15) is 34.1 Å². The maximum atomic E-state index is 13.0. The maximum absolute atomic E-state index is 13.0. The molecule has 1 aromatic heterocycles. The summed E-state index contributed by atoms with van der Waals surface area (Å²) < 4.78 is 18.0. The van der Waals surface area contributed by atoms with E-state index in [9.17, 15) is 4.79 Å². The van der Waals surface area contributed by atoms with Gasteiger partial charge in [-0.05, 0) is 54.3 Å². The molecular weight excluding hydrogens is 356 g/mol. The van der Waals surface area contributed by atoms with E-state index in [1.807, 2.05) is 48.0 Å². The van der Waals surface area contributed by atoms with E-state index in [-0.39, 0.29) is 11.9 Å². The summed E-state index contributed by atoms with van der Waals surface area (Å²) in [6.07, 6.45) is 1.75. The highest BCUT2D eigenvalue weighted by atomic mass is 16.5. The topological polar surface area (TPSA) is 61.7 Å². The van der Waals surface area contributed by atoms with E-state index in [4.69, 9.17) is 14.2 Å². The Hall–Kier alpha value is -3.15. The summed E-state index contributed by atoms with van der Waals surface area (Å²) in [5, 5.41) is 4.19. The zero-order chi connectivity index (χ0) is 19.8. The van der Waals surface area contributed by atoms with Gasteiger partial charge in [0.05, 0.1) is 32.9 Å². The van der Waals surface area contributed by atoms with Crippen LogP contribution in [0.5, 0.6) is 17.2 Å². The highest BCUT2D eigenvalue weighted by molar-refractivity contribution is 5.99. The molecule has 0 bridgehead atoms. The van der Waals surface area contributed by atoms with Gasteiger partial charge in [-0.1, -0.05) is 0 Å². The Morgan fingerprint density at radius 3 is 2.50 bits per heavy atom. The van der Waals surface area contributed by atoms with Gasteiger partial charge in [0.25, 0.3) is 5.91 Å². The summed E-state index contributed by atoms with van der Waals surface area (Å²) in [7, 11) is 6.79. The van der Waals surface area contributed by atoms with Gasteiger partial charge in [0.1, 0.15) is 11.4 Å². The Balaban J connectivity index is 1.62. The van der Waals surface area contributed by atoms with E-state index < -0.39 is 0 Å². The number of nitrogens with one attached hydrogen (secondary N) is 1. The first-order chi connectivity index (χ1) is 13.5. The van der Waals surface area contributed by atoms with Gasteiger partial charge in [0.2, 0.25) is 0 Å². The van der Waals surface area contributed by atoms with Crippen molar-refractivity contribution in [2.24, 2.45) is 7.05 Å². The van der Waals surface area contributed by atoms with E-state index in [1.54, 1.807) is 21.3 Å². The van der Waals surface area contributed by atoms with Crippen LogP contribution in [0.15, 0.2) is 36.4 Å². The smallest absolute Gasteiger partial charge is 0.268 e. The third kappa shape index (κ3) is 2.95. The average molecular weight is 380 g/mol. The summed E-state index contributed by atoms with van der Waals surface area (Å²) in [6, 6.07) is 11.6. The minimum Gasteiger partial charge on any atom is -0.497 e. The first-order valence-corrected chi connectivity index (χ1v) is 9.24. The Morgan fingerprint density at radius 2 is 1.79 bits per heavy atom. The highest BCUT2D eigenvalue weighted by Gasteiger charge is 2.27. The monoisotopic (exact) mass is 380 g/mol. The number of ether oxygens (including phenoxy) is 3. The van der Waals surface area contributed by atoms with Gasteiger partial charge in [0.15, 0.2) is 11.5 Å². The molecule has 1 aliphatic carbocycles. The standard InChI is InChI=1S/C22H24N2O4/c1-24-18-11-15(26-2)7-5-14(18)9-19(24)22(25)23-17-8-6-13-10-20(27-3)21(28-4)12-16(13)17/h5,7,9-12,17H,6,8H2,1-4H3,(H,23,25). The SMILES string of the molecule is COc1ccc2cc(C(=O)NC3CCc4cc(OC)c(OC)cc43)n(C)c2c1. The van der Waals surface area contributed by atoms with Crippen molar-refractivity contribution in [3.63, 3.8) is 0 Å². The number of nitrogens with zero attached hydrogens (tertiary/aromatic N) is 1. The summed E-state index contributed by atoms with van der Waals surface area (Å²) in [5.74, 6) is 2.08. The Bertz CT molecular complexity index is 1050. The number of aromatic nitrogens is 1. The number of benzene rings is 2. The molecule has 1 amide bonds. The van der Waals surface area contributed by atoms with Crippen LogP contribution < -0.4 is 19.5 Å². The molecule has 6 heteroatoms.